The van der Waals surface area contributed by atoms with E-state index in [1.807, 2.05) is 42.2 Å². The average Bonchev–Trinajstić information content (AvgIpc) is 3.23. The maximum absolute atomic E-state index is 12.9. The smallest absolute Gasteiger partial charge is 0.289 e. The van der Waals surface area contributed by atoms with Crippen LogP contribution >= 0.6 is 0 Å². The lowest BCUT2D eigenvalue weighted by molar-refractivity contribution is 0.0675. The van der Waals surface area contributed by atoms with Gasteiger partial charge in [-0.15, -0.1) is 0 Å². The predicted octanol–water partition coefficient (Wildman–Crippen LogP) is 3.48. The molecule has 1 saturated heterocycles. The molecule has 118 valence electrons. The van der Waals surface area contributed by atoms with Crippen LogP contribution in [0.25, 0.3) is 11.0 Å². The maximum atomic E-state index is 12.9. The third kappa shape index (κ3) is 2.42. The van der Waals surface area contributed by atoms with E-state index in [0.29, 0.717) is 18.2 Å². The molecular formula is C18H19N3O2. The third-order valence-electron chi connectivity index (χ3n) is 4.71. The minimum absolute atomic E-state index is 0.0112. The zero-order valence-corrected chi connectivity index (χ0v) is 13.1. The predicted molar refractivity (Wildman–Crippen MR) is 87.4 cm³/mol. The first-order chi connectivity index (χ1) is 11.2. The number of para-hydroxylation sites is 1. The van der Waals surface area contributed by atoms with Crippen molar-refractivity contribution in [3.05, 3.63) is 53.5 Å². The lowest BCUT2D eigenvalue weighted by Gasteiger charge is -2.31. The van der Waals surface area contributed by atoms with Crippen LogP contribution in [0.5, 0.6) is 0 Å². The molecule has 0 spiro atoms. The van der Waals surface area contributed by atoms with E-state index in [2.05, 4.69) is 10.2 Å². The number of carbonyl (C=O) groups excluding carboxylic acids is 1. The molecule has 1 unspecified atom stereocenters. The Labute approximate surface area is 134 Å². The van der Waals surface area contributed by atoms with Crippen molar-refractivity contribution in [2.24, 2.45) is 0 Å². The fraction of sp³-hybridized carbons (Fsp3) is 0.333. The number of H-pyrrole nitrogens is 1. The van der Waals surface area contributed by atoms with Crippen molar-refractivity contribution in [3.8, 4) is 0 Å². The molecule has 1 aliphatic rings. The number of hydrogen-bond acceptors (Lipinski definition) is 3. The van der Waals surface area contributed by atoms with Crippen LogP contribution in [0.3, 0.4) is 0 Å². The summed E-state index contributed by atoms with van der Waals surface area (Å²) >= 11 is 0. The number of nitrogens with zero attached hydrogens (tertiary/aromatic N) is 2. The number of aromatic nitrogens is 2. The van der Waals surface area contributed by atoms with Crippen LogP contribution in [0.2, 0.25) is 0 Å². The third-order valence-corrected chi connectivity index (χ3v) is 4.71. The lowest BCUT2D eigenvalue weighted by atomic mass is 9.94. The molecule has 1 N–H and O–H groups in total. The van der Waals surface area contributed by atoms with Crippen molar-refractivity contribution in [3.63, 3.8) is 0 Å². The molecule has 1 aromatic carbocycles. The van der Waals surface area contributed by atoms with Crippen molar-refractivity contribution in [2.45, 2.75) is 25.7 Å². The van der Waals surface area contributed by atoms with Gasteiger partial charge in [0.1, 0.15) is 5.58 Å². The van der Waals surface area contributed by atoms with Gasteiger partial charge in [-0.1, -0.05) is 18.2 Å². The standard InChI is InChI=1S/C18H19N3O2/c1-12-14-6-2-3-7-16(14)23-17(12)18(22)21-10-4-5-13(11-21)15-8-9-19-20-15/h2-3,6-9,13H,4-5,10-11H2,1H3,(H,19,20). The summed E-state index contributed by atoms with van der Waals surface area (Å²) in [6, 6.07) is 9.78. The summed E-state index contributed by atoms with van der Waals surface area (Å²) in [5.74, 6) is 0.777. The summed E-state index contributed by atoms with van der Waals surface area (Å²) in [5.41, 5.74) is 2.80. The zero-order chi connectivity index (χ0) is 15.8. The minimum atomic E-state index is -0.0112. The Morgan fingerprint density at radius 2 is 2.22 bits per heavy atom. The van der Waals surface area contributed by atoms with Gasteiger partial charge in [0.25, 0.3) is 5.91 Å². The van der Waals surface area contributed by atoms with E-state index in [-0.39, 0.29) is 5.91 Å². The van der Waals surface area contributed by atoms with Crippen LogP contribution in [-0.2, 0) is 0 Å². The molecule has 0 radical (unpaired) electrons. The molecule has 5 heteroatoms. The molecular weight excluding hydrogens is 290 g/mol. The van der Waals surface area contributed by atoms with Crippen LogP contribution < -0.4 is 0 Å². The van der Waals surface area contributed by atoms with Crippen LogP contribution in [0.15, 0.2) is 40.9 Å². The Morgan fingerprint density at radius 1 is 1.35 bits per heavy atom. The van der Waals surface area contributed by atoms with E-state index in [1.54, 1.807) is 6.20 Å². The van der Waals surface area contributed by atoms with Crippen LogP contribution in [-0.4, -0.2) is 34.1 Å². The maximum Gasteiger partial charge on any atom is 0.289 e. The minimum Gasteiger partial charge on any atom is -0.451 e. The second-order valence-electron chi connectivity index (χ2n) is 6.15. The molecule has 1 aliphatic heterocycles. The van der Waals surface area contributed by atoms with Gasteiger partial charge in [-0.2, -0.15) is 5.10 Å². The number of nitrogens with one attached hydrogen (secondary N) is 1. The monoisotopic (exact) mass is 309 g/mol. The molecule has 0 bridgehead atoms. The first-order valence-corrected chi connectivity index (χ1v) is 8.00. The van der Waals surface area contributed by atoms with Crippen molar-refractivity contribution in [1.82, 2.24) is 15.1 Å². The number of hydrogen-bond donors (Lipinski definition) is 1. The highest BCUT2D eigenvalue weighted by Gasteiger charge is 2.29. The van der Waals surface area contributed by atoms with E-state index < -0.39 is 0 Å². The highest BCUT2D eigenvalue weighted by Crippen LogP contribution is 2.29. The van der Waals surface area contributed by atoms with Crippen LogP contribution in [0.1, 0.15) is 40.6 Å². The van der Waals surface area contributed by atoms with Crippen molar-refractivity contribution < 1.29 is 9.21 Å². The summed E-state index contributed by atoms with van der Waals surface area (Å²) in [5, 5.41) is 8.06. The summed E-state index contributed by atoms with van der Waals surface area (Å²) < 4.78 is 5.83. The Hall–Kier alpha value is -2.56. The number of rotatable bonds is 2. The molecule has 1 amide bonds. The van der Waals surface area contributed by atoms with Crippen LogP contribution in [0, 0.1) is 6.92 Å². The summed E-state index contributed by atoms with van der Waals surface area (Å²) in [6.45, 7) is 3.44. The van der Waals surface area contributed by atoms with E-state index in [1.165, 1.54) is 0 Å². The van der Waals surface area contributed by atoms with Gasteiger partial charge in [-0.3, -0.25) is 9.89 Å². The van der Waals surface area contributed by atoms with Gasteiger partial charge in [0.15, 0.2) is 5.76 Å². The van der Waals surface area contributed by atoms with Crippen molar-refractivity contribution in [1.29, 1.82) is 0 Å². The molecule has 3 heterocycles. The number of fused-ring (bicyclic) bond motifs is 1. The highest BCUT2D eigenvalue weighted by atomic mass is 16.3. The second kappa shape index (κ2) is 5.57. The Balaban J connectivity index is 1.61. The van der Waals surface area contributed by atoms with Crippen LogP contribution in [0.4, 0.5) is 0 Å². The number of piperidine rings is 1. The molecule has 23 heavy (non-hydrogen) atoms. The van der Waals surface area contributed by atoms with E-state index in [9.17, 15) is 4.79 Å². The number of aryl methyl sites for hydroxylation is 1. The molecule has 0 aliphatic carbocycles. The van der Waals surface area contributed by atoms with Gasteiger partial charge in [0.2, 0.25) is 0 Å². The summed E-state index contributed by atoms with van der Waals surface area (Å²) in [7, 11) is 0. The normalized spacial score (nSPS) is 18.5. The highest BCUT2D eigenvalue weighted by molar-refractivity contribution is 5.99. The molecule has 0 saturated carbocycles. The largest absolute Gasteiger partial charge is 0.451 e. The quantitative estimate of drug-likeness (QED) is 0.788. The fourth-order valence-electron chi connectivity index (χ4n) is 3.43. The summed E-state index contributed by atoms with van der Waals surface area (Å²) in [4.78, 5) is 14.8. The number of furan rings is 1. The van der Waals surface area contributed by atoms with Gasteiger partial charge in [-0.25, -0.2) is 0 Å². The molecule has 3 aromatic rings. The molecule has 1 atom stereocenters. The van der Waals surface area contributed by atoms with E-state index >= 15 is 0 Å². The van der Waals surface area contributed by atoms with Crippen molar-refractivity contribution >= 4 is 16.9 Å². The Morgan fingerprint density at radius 3 is 3.00 bits per heavy atom. The van der Waals surface area contributed by atoms with Gasteiger partial charge in [0.05, 0.1) is 0 Å². The number of aromatic amines is 1. The molecule has 5 nitrogen and oxygen atoms in total. The van der Waals surface area contributed by atoms with Crippen molar-refractivity contribution in [2.75, 3.05) is 13.1 Å². The molecule has 2 aromatic heterocycles. The second-order valence-corrected chi connectivity index (χ2v) is 6.15. The van der Waals surface area contributed by atoms with Gasteiger partial charge in [-0.05, 0) is 31.9 Å². The SMILES string of the molecule is Cc1c(C(=O)N2CCCC(c3ccn[nH]3)C2)oc2ccccc12. The number of likely N-dealkylation sites (tertiary alicyclic amines) is 1. The first kappa shape index (κ1) is 14.1. The van der Waals surface area contributed by atoms with Gasteiger partial charge in [0, 0.05) is 41.8 Å². The van der Waals surface area contributed by atoms with E-state index in [0.717, 1.165) is 41.6 Å². The Kier molecular flexibility index (Phi) is 3.41. The Bertz CT molecular complexity index is 835. The van der Waals surface area contributed by atoms with E-state index in [4.69, 9.17) is 4.42 Å². The van der Waals surface area contributed by atoms with Gasteiger partial charge < -0.3 is 9.32 Å². The lowest BCUT2D eigenvalue weighted by Crippen LogP contribution is -2.39. The molecule has 4 rings (SSSR count). The summed E-state index contributed by atoms with van der Waals surface area (Å²) in [6.07, 6.45) is 3.83. The number of amides is 1. The van der Waals surface area contributed by atoms with Gasteiger partial charge >= 0.3 is 0 Å². The topological polar surface area (TPSA) is 62.1 Å². The zero-order valence-electron chi connectivity index (χ0n) is 13.1. The first-order valence-electron chi connectivity index (χ1n) is 8.00. The number of benzene rings is 1. The fourth-order valence-corrected chi connectivity index (χ4v) is 3.43. The number of carbonyl (C=O) groups is 1. The average molecular weight is 309 g/mol. The molecule has 1 fully saturated rings.